The molecule has 1 amide bonds. The lowest BCUT2D eigenvalue weighted by atomic mass is 10.1. The summed E-state index contributed by atoms with van der Waals surface area (Å²) >= 11 is 1.62. The van der Waals surface area contributed by atoms with Gasteiger partial charge in [-0.2, -0.15) is 0 Å². The molecule has 0 atom stereocenters. The Hall–Kier alpha value is -2.28. The number of anilines is 1. The number of thiazole rings is 1. The first-order chi connectivity index (χ1) is 14.5. The van der Waals surface area contributed by atoms with E-state index in [2.05, 4.69) is 26.0 Å². The maximum Gasteiger partial charge on any atom is 0.260 e. The molecule has 4 rings (SSSR count). The standard InChI is InChI=1S/C24H29N3O2S/c1-17-5-7-20(8-6-17)23(28)27(10-4-9-26-11-13-29-14-12-26)24-25-21-16-18(2)15-19(3)22(21)30-24/h5-8,15-16H,4,9-14H2,1-3H3/p+1. The Morgan fingerprint density at radius 1 is 1.10 bits per heavy atom. The molecule has 30 heavy (non-hydrogen) atoms. The highest BCUT2D eigenvalue weighted by atomic mass is 32.1. The van der Waals surface area contributed by atoms with Crippen LogP contribution in [0.25, 0.3) is 10.2 Å². The highest BCUT2D eigenvalue weighted by Gasteiger charge is 2.23. The summed E-state index contributed by atoms with van der Waals surface area (Å²) in [6.07, 6.45) is 0.945. The van der Waals surface area contributed by atoms with E-state index in [0.717, 1.165) is 60.2 Å². The number of morpholine rings is 1. The smallest absolute Gasteiger partial charge is 0.260 e. The number of fused-ring (bicyclic) bond motifs is 1. The number of carbonyl (C=O) groups excluding carboxylic acids is 1. The van der Waals surface area contributed by atoms with Gasteiger partial charge >= 0.3 is 0 Å². The number of ether oxygens (including phenoxy) is 1. The normalized spacial score (nSPS) is 14.9. The largest absolute Gasteiger partial charge is 0.370 e. The van der Waals surface area contributed by atoms with Gasteiger partial charge in [0.15, 0.2) is 5.13 Å². The minimum Gasteiger partial charge on any atom is -0.370 e. The van der Waals surface area contributed by atoms with Crippen molar-refractivity contribution in [2.75, 3.05) is 44.3 Å². The average molecular weight is 425 g/mol. The quantitative estimate of drug-likeness (QED) is 0.661. The van der Waals surface area contributed by atoms with Crippen LogP contribution in [-0.4, -0.2) is 50.3 Å². The Morgan fingerprint density at radius 3 is 2.57 bits per heavy atom. The van der Waals surface area contributed by atoms with Crippen molar-refractivity contribution in [2.24, 2.45) is 0 Å². The van der Waals surface area contributed by atoms with Gasteiger partial charge < -0.3 is 9.64 Å². The Balaban J connectivity index is 1.59. The van der Waals surface area contributed by atoms with E-state index in [1.807, 2.05) is 36.1 Å². The Bertz CT molecular complexity index is 1020. The van der Waals surface area contributed by atoms with Crippen LogP contribution >= 0.6 is 11.3 Å². The number of rotatable bonds is 6. The van der Waals surface area contributed by atoms with Gasteiger partial charge in [0.1, 0.15) is 13.1 Å². The van der Waals surface area contributed by atoms with E-state index in [1.165, 1.54) is 11.1 Å². The molecule has 6 heteroatoms. The molecule has 1 fully saturated rings. The van der Waals surface area contributed by atoms with E-state index in [9.17, 15) is 4.79 Å². The van der Waals surface area contributed by atoms with Crippen LogP contribution in [0.5, 0.6) is 0 Å². The molecule has 2 aromatic carbocycles. The number of aromatic nitrogens is 1. The van der Waals surface area contributed by atoms with Crippen molar-refractivity contribution in [3.63, 3.8) is 0 Å². The van der Waals surface area contributed by atoms with E-state index in [0.29, 0.717) is 12.1 Å². The minimum absolute atomic E-state index is 0.0282. The second-order valence-corrected chi connectivity index (χ2v) is 9.19. The van der Waals surface area contributed by atoms with Crippen LogP contribution in [0.15, 0.2) is 36.4 Å². The molecule has 0 saturated carbocycles. The van der Waals surface area contributed by atoms with Crippen LogP contribution in [0.2, 0.25) is 0 Å². The van der Waals surface area contributed by atoms with Crippen molar-refractivity contribution in [1.29, 1.82) is 0 Å². The van der Waals surface area contributed by atoms with Gasteiger partial charge in [0, 0.05) is 18.5 Å². The summed E-state index contributed by atoms with van der Waals surface area (Å²) in [5.74, 6) is 0.0282. The number of nitrogens with zero attached hydrogens (tertiary/aromatic N) is 2. The molecule has 5 nitrogen and oxygen atoms in total. The summed E-state index contributed by atoms with van der Waals surface area (Å²) < 4.78 is 6.63. The molecule has 1 saturated heterocycles. The molecule has 3 aromatic rings. The second kappa shape index (κ2) is 9.25. The van der Waals surface area contributed by atoms with Crippen LogP contribution in [-0.2, 0) is 4.74 Å². The first-order valence-electron chi connectivity index (χ1n) is 10.7. The van der Waals surface area contributed by atoms with Crippen LogP contribution < -0.4 is 9.80 Å². The number of amides is 1. The van der Waals surface area contributed by atoms with E-state index >= 15 is 0 Å². The van der Waals surface area contributed by atoms with E-state index in [4.69, 9.17) is 9.72 Å². The molecule has 158 valence electrons. The van der Waals surface area contributed by atoms with Gasteiger partial charge in [-0.25, -0.2) is 4.98 Å². The number of carbonyl (C=O) groups is 1. The van der Waals surface area contributed by atoms with Crippen LogP contribution in [0, 0.1) is 20.8 Å². The number of nitrogens with one attached hydrogen (secondary N) is 1. The lowest BCUT2D eigenvalue weighted by Crippen LogP contribution is -3.14. The number of hydrogen-bond acceptors (Lipinski definition) is 4. The number of quaternary nitrogens is 1. The molecule has 2 heterocycles. The van der Waals surface area contributed by atoms with Gasteiger partial charge in [-0.3, -0.25) is 9.69 Å². The first-order valence-corrected chi connectivity index (χ1v) is 11.5. The Labute approximate surface area is 182 Å². The van der Waals surface area contributed by atoms with Crippen LogP contribution in [0.4, 0.5) is 5.13 Å². The summed E-state index contributed by atoms with van der Waals surface area (Å²) in [6.45, 7) is 11.7. The van der Waals surface area contributed by atoms with Gasteiger partial charge in [-0.1, -0.05) is 35.1 Å². The molecular formula is C24H30N3O2S+. The lowest BCUT2D eigenvalue weighted by molar-refractivity contribution is -0.908. The molecule has 0 unspecified atom stereocenters. The molecule has 1 N–H and O–H groups in total. The maximum atomic E-state index is 13.4. The van der Waals surface area contributed by atoms with Gasteiger partial charge in [-0.15, -0.1) is 0 Å². The monoisotopic (exact) mass is 424 g/mol. The predicted octanol–water partition coefficient (Wildman–Crippen LogP) is 3.17. The third-order valence-corrected chi connectivity index (χ3v) is 6.92. The highest BCUT2D eigenvalue weighted by Crippen LogP contribution is 2.33. The van der Waals surface area contributed by atoms with Crippen molar-refractivity contribution in [3.05, 3.63) is 58.7 Å². The summed E-state index contributed by atoms with van der Waals surface area (Å²) in [6, 6.07) is 12.1. The van der Waals surface area contributed by atoms with Gasteiger partial charge in [0.05, 0.1) is 30.0 Å². The van der Waals surface area contributed by atoms with Crippen molar-refractivity contribution >= 4 is 32.6 Å². The fraction of sp³-hybridized carbons (Fsp3) is 0.417. The van der Waals surface area contributed by atoms with Gasteiger partial charge in [0.2, 0.25) is 0 Å². The fourth-order valence-electron chi connectivity index (χ4n) is 4.01. The molecule has 0 radical (unpaired) electrons. The molecule has 1 aliphatic rings. The number of hydrogen-bond donors (Lipinski definition) is 1. The van der Waals surface area contributed by atoms with Crippen molar-refractivity contribution in [2.45, 2.75) is 27.2 Å². The lowest BCUT2D eigenvalue weighted by Gasteiger charge is -2.25. The zero-order valence-corrected chi connectivity index (χ0v) is 18.8. The summed E-state index contributed by atoms with van der Waals surface area (Å²) in [5, 5.41) is 0.793. The fourth-order valence-corrected chi connectivity index (χ4v) is 5.05. The highest BCUT2D eigenvalue weighted by molar-refractivity contribution is 7.22. The summed E-state index contributed by atoms with van der Waals surface area (Å²) in [4.78, 5) is 21.7. The minimum atomic E-state index is 0.0282. The zero-order chi connectivity index (χ0) is 21.1. The van der Waals surface area contributed by atoms with Gasteiger partial charge in [-0.05, 0) is 50.1 Å². The van der Waals surface area contributed by atoms with E-state index in [-0.39, 0.29) is 5.91 Å². The van der Waals surface area contributed by atoms with Gasteiger partial charge in [0.25, 0.3) is 5.91 Å². The van der Waals surface area contributed by atoms with Crippen molar-refractivity contribution in [1.82, 2.24) is 4.98 Å². The molecular weight excluding hydrogens is 394 g/mol. The first kappa shape index (κ1) is 21.0. The van der Waals surface area contributed by atoms with E-state index < -0.39 is 0 Å². The van der Waals surface area contributed by atoms with E-state index in [1.54, 1.807) is 16.2 Å². The Kier molecular flexibility index (Phi) is 6.46. The second-order valence-electron chi connectivity index (χ2n) is 8.22. The van der Waals surface area contributed by atoms with Crippen LogP contribution in [0.1, 0.15) is 33.5 Å². The third-order valence-electron chi connectivity index (χ3n) is 5.70. The third kappa shape index (κ3) is 4.72. The van der Waals surface area contributed by atoms with Crippen molar-refractivity contribution in [3.8, 4) is 0 Å². The number of benzene rings is 2. The molecule has 0 bridgehead atoms. The van der Waals surface area contributed by atoms with Crippen molar-refractivity contribution < 1.29 is 14.4 Å². The summed E-state index contributed by atoms with van der Waals surface area (Å²) in [7, 11) is 0. The topological polar surface area (TPSA) is 46.9 Å². The summed E-state index contributed by atoms with van der Waals surface area (Å²) in [5.41, 5.74) is 5.26. The zero-order valence-electron chi connectivity index (χ0n) is 18.0. The molecule has 0 aliphatic carbocycles. The average Bonchev–Trinajstić information content (AvgIpc) is 3.16. The molecule has 1 aliphatic heterocycles. The SMILES string of the molecule is Cc1ccc(C(=O)N(CCC[NH+]2CCOCC2)c2nc3cc(C)cc(C)c3s2)cc1. The number of aryl methyl sites for hydroxylation is 3. The predicted molar refractivity (Wildman–Crippen MR) is 123 cm³/mol. The van der Waals surface area contributed by atoms with Crippen LogP contribution in [0.3, 0.4) is 0 Å². The maximum absolute atomic E-state index is 13.4. The Morgan fingerprint density at radius 2 is 1.83 bits per heavy atom. The molecule has 1 aromatic heterocycles. The molecule has 0 spiro atoms.